The van der Waals surface area contributed by atoms with Gasteiger partial charge in [0.2, 0.25) is 0 Å². The number of nitrogens with zero attached hydrogens (tertiary/aromatic N) is 1. The third-order valence-electron chi connectivity index (χ3n) is 6.24. The van der Waals surface area contributed by atoms with Crippen LogP contribution in [0.15, 0.2) is 0 Å². The monoisotopic (exact) mass is 266 g/mol. The highest BCUT2D eigenvalue weighted by Crippen LogP contribution is 2.38. The Hall–Kier alpha value is -0.0800. The summed E-state index contributed by atoms with van der Waals surface area (Å²) in [7, 11) is 0. The first-order valence-electron chi connectivity index (χ1n) is 8.62. The van der Waals surface area contributed by atoms with E-state index in [0.717, 1.165) is 11.8 Å². The summed E-state index contributed by atoms with van der Waals surface area (Å²) in [5.41, 5.74) is 7.00. The maximum Gasteiger partial charge on any atom is 0.0332 e. The standard InChI is InChI=1S/C17H34N2/c1-4-14-8-10-15(11-9-14)16(18)17(3,5-2)19-12-6-7-13-19/h14-16H,4-13,18H2,1-3H3. The molecule has 0 aromatic heterocycles. The Kier molecular flexibility index (Phi) is 5.30. The molecule has 0 aromatic rings. The van der Waals surface area contributed by atoms with Crippen molar-refractivity contribution in [1.82, 2.24) is 4.90 Å². The molecule has 0 radical (unpaired) electrons. The second-order valence-electron chi connectivity index (χ2n) is 7.12. The maximum atomic E-state index is 6.76. The fourth-order valence-corrected chi connectivity index (χ4v) is 4.36. The molecule has 2 unspecified atom stereocenters. The molecule has 19 heavy (non-hydrogen) atoms. The van der Waals surface area contributed by atoms with Crippen molar-refractivity contribution in [1.29, 1.82) is 0 Å². The third-order valence-corrected chi connectivity index (χ3v) is 6.24. The van der Waals surface area contributed by atoms with Gasteiger partial charge in [-0.05, 0) is 64.0 Å². The van der Waals surface area contributed by atoms with E-state index in [4.69, 9.17) is 5.73 Å². The minimum atomic E-state index is 0.236. The van der Waals surface area contributed by atoms with Crippen molar-refractivity contribution in [2.75, 3.05) is 13.1 Å². The lowest BCUT2D eigenvalue weighted by Crippen LogP contribution is -2.60. The normalized spacial score (nSPS) is 34.1. The summed E-state index contributed by atoms with van der Waals surface area (Å²) in [5.74, 6) is 1.73. The topological polar surface area (TPSA) is 29.3 Å². The van der Waals surface area contributed by atoms with Crippen LogP contribution in [0, 0.1) is 11.8 Å². The Morgan fingerprint density at radius 3 is 2.16 bits per heavy atom. The van der Waals surface area contributed by atoms with E-state index in [1.807, 2.05) is 0 Å². The van der Waals surface area contributed by atoms with Crippen LogP contribution in [0.4, 0.5) is 0 Å². The number of rotatable bonds is 5. The SMILES string of the molecule is CCC1CCC(C(N)C(C)(CC)N2CCCC2)CC1. The highest BCUT2D eigenvalue weighted by molar-refractivity contribution is 5.00. The molecule has 0 amide bonds. The van der Waals surface area contributed by atoms with Crippen molar-refractivity contribution in [2.45, 2.75) is 83.7 Å². The van der Waals surface area contributed by atoms with Crippen molar-refractivity contribution in [3.63, 3.8) is 0 Å². The largest absolute Gasteiger partial charge is 0.326 e. The van der Waals surface area contributed by atoms with Gasteiger partial charge in [-0.25, -0.2) is 0 Å². The fourth-order valence-electron chi connectivity index (χ4n) is 4.36. The molecule has 2 nitrogen and oxygen atoms in total. The Morgan fingerprint density at radius 1 is 1.11 bits per heavy atom. The van der Waals surface area contributed by atoms with Gasteiger partial charge in [-0.15, -0.1) is 0 Å². The second-order valence-corrected chi connectivity index (χ2v) is 7.12. The summed E-state index contributed by atoms with van der Waals surface area (Å²) < 4.78 is 0. The molecule has 112 valence electrons. The van der Waals surface area contributed by atoms with Crippen LogP contribution in [0.25, 0.3) is 0 Å². The molecule has 2 fully saturated rings. The Morgan fingerprint density at radius 2 is 1.68 bits per heavy atom. The van der Waals surface area contributed by atoms with Crippen LogP contribution >= 0.6 is 0 Å². The average molecular weight is 266 g/mol. The molecule has 1 heterocycles. The zero-order valence-corrected chi connectivity index (χ0v) is 13.3. The molecule has 2 heteroatoms. The van der Waals surface area contributed by atoms with Gasteiger partial charge in [0, 0.05) is 11.6 Å². The lowest BCUT2D eigenvalue weighted by atomic mass is 9.71. The van der Waals surface area contributed by atoms with E-state index in [9.17, 15) is 0 Å². The minimum Gasteiger partial charge on any atom is -0.326 e. The molecule has 1 aliphatic heterocycles. The van der Waals surface area contributed by atoms with Gasteiger partial charge in [-0.2, -0.15) is 0 Å². The number of hydrogen-bond donors (Lipinski definition) is 1. The summed E-state index contributed by atoms with van der Waals surface area (Å²) in [5, 5.41) is 0. The zero-order chi connectivity index (χ0) is 13.9. The second kappa shape index (κ2) is 6.58. The van der Waals surface area contributed by atoms with Gasteiger partial charge in [0.15, 0.2) is 0 Å². The van der Waals surface area contributed by atoms with Gasteiger partial charge < -0.3 is 5.73 Å². The smallest absolute Gasteiger partial charge is 0.0332 e. The highest BCUT2D eigenvalue weighted by Gasteiger charge is 2.41. The van der Waals surface area contributed by atoms with E-state index in [-0.39, 0.29) is 5.54 Å². The van der Waals surface area contributed by atoms with Crippen molar-refractivity contribution in [3.8, 4) is 0 Å². The first kappa shape index (κ1) is 15.3. The Labute approximate surface area is 120 Å². The Bertz CT molecular complexity index is 264. The molecule has 1 saturated heterocycles. The van der Waals surface area contributed by atoms with Crippen LogP contribution < -0.4 is 5.73 Å². The molecule has 1 saturated carbocycles. The molecular formula is C17H34N2. The Balaban J connectivity index is 1.98. The predicted molar refractivity (Wildman–Crippen MR) is 83.2 cm³/mol. The molecule has 0 bridgehead atoms. The maximum absolute atomic E-state index is 6.76. The molecule has 0 aromatic carbocycles. The molecular weight excluding hydrogens is 232 g/mol. The van der Waals surface area contributed by atoms with E-state index >= 15 is 0 Å². The van der Waals surface area contributed by atoms with Crippen molar-refractivity contribution in [2.24, 2.45) is 17.6 Å². The number of likely N-dealkylation sites (tertiary alicyclic amines) is 1. The van der Waals surface area contributed by atoms with E-state index in [1.54, 1.807) is 0 Å². The van der Waals surface area contributed by atoms with Crippen LogP contribution in [0.2, 0.25) is 0 Å². The quantitative estimate of drug-likeness (QED) is 0.820. The average Bonchev–Trinajstić information content (AvgIpc) is 3.00. The fraction of sp³-hybridized carbons (Fsp3) is 1.00. The van der Waals surface area contributed by atoms with E-state index in [0.29, 0.717) is 6.04 Å². The lowest BCUT2D eigenvalue weighted by Gasteiger charge is -2.47. The van der Waals surface area contributed by atoms with Crippen molar-refractivity contribution >= 4 is 0 Å². The first-order chi connectivity index (χ1) is 9.11. The van der Waals surface area contributed by atoms with Crippen molar-refractivity contribution in [3.05, 3.63) is 0 Å². The summed E-state index contributed by atoms with van der Waals surface area (Å²) in [6, 6.07) is 0.369. The molecule has 1 aliphatic carbocycles. The van der Waals surface area contributed by atoms with Crippen LogP contribution in [-0.2, 0) is 0 Å². The molecule has 2 aliphatic rings. The van der Waals surface area contributed by atoms with Crippen LogP contribution in [0.3, 0.4) is 0 Å². The molecule has 0 spiro atoms. The molecule has 2 rings (SSSR count). The highest BCUT2D eigenvalue weighted by atomic mass is 15.2. The van der Waals surface area contributed by atoms with Crippen LogP contribution in [0.5, 0.6) is 0 Å². The van der Waals surface area contributed by atoms with Crippen molar-refractivity contribution < 1.29 is 0 Å². The van der Waals surface area contributed by atoms with Gasteiger partial charge in [-0.1, -0.05) is 33.1 Å². The van der Waals surface area contributed by atoms with Gasteiger partial charge in [0.1, 0.15) is 0 Å². The summed E-state index contributed by atoms with van der Waals surface area (Å²) in [6.07, 6.45) is 10.8. The van der Waals surface area contributed by atoms with Gasteiger partial charge in [0.25, 0.3) is 0 Å². The van der Waals surface area contributed by atoms with Gasteiger partial charge in [-0.3, -0.25) is 4.90 Å². The number of nitrogens with two attached hydrogens (primary N) is 1. The van der Waals surface area contributed by atoms with Gasteiger partial charge in [0.05, 0.1) is 0 Å². The summed E-state index contributed by atoms with van der Waals surface area (Å²) in [6.45, 7) is 9.63. The summed E-state index contributed by atoms with van der Waals surface area (Å²) >= 11 is 0. The summed E-state index contributed by atoms with van der Waals surface area (Å²) in [4.78, 5) is 2.68. The first-order valence-corrected chi connectivity index (χ1v) is 8.62. The van der Waals surface area contributed by atoms with Gasteiger partial charge >= 0.3 is 0 Å². The van der Waals surface area contributed by atoms with Crippen LogP contribution in [-0.4, -0.2) is 29.6 Å². The lowest BCUT2D eigenvalue weighted by molar-refractivity contribution is 0.0600. The van der Waals surface area contributed by atoms with E-state index in [1.165, 1.54) is 64.5 Å². The minimum absolute atomic E-state index is 0.236. The predicted octanol–water partition coefficient (Wildman–Crippen LogP) is 3.79. The third kappa shape index (κ3) is 3.16. The number of hydrogen-bond acceptors (Lipinski definition) is 2. The van der Waals surface area contributed by atoms with Crippen LogP contribution in [0.1, 0.15) is 72.1 Å². The van der Waals surface area contributed by atoms with E-state index < -0.39 is 0 Å². The zero-order valence-electron chi connectivity index (χ0n) is 13.3. The van der Waals surface area contributed by atoms with E-state index in [2.05, 4.69) is 25.7 Å². The molecule has 2 atom stereocenters. The molecule has 2 N–H and O–H groups in total.